The summed E-state index contributed by atoms with van der Waals surface area (Å²) in [6.45, 7) is 0. The van der Waals surface area contributed by atoms with Crippen LogP contribution in [0.1, 0.15) is 11.8 Å². The molecule has 0 bridgehead atoms. The average molecular weight is 183 g/mol. The number of pyridine rings is 1. The number of methoxy groups -OCH3 is 1. The number of ether oxygens (including phenoxy) is 1. The van der Waals surface area contributed by atoms with Gasteiger partial charge in [-0.15, -0.1) is 0 Å². The van der Waals surface area contributed by atoms with Crippen LogP contribution >= 0.6 is 0 Å². The Kier molecular flexibility index (Phi) is 2.81. The van der Waals surface area contributed by atoms with Gasteiger partial charge in [-0.3, -0.25) is 4.98 Å². The molecular weight excluding hydrogens is 174 g/mol. The van der Waals surface area contributed by atoms with Crippen molar-refractivity contribution in [3.63, 3.8) is 0 Å². The normalized spacial score (nSPS) is 12.2. The van der Waals surface area contributed by atoms with Crippen molar-refractivity contribution in [1.82, 2.24) is 4.98 Å². The minimum Gasteiger partial charge on any atom is -0.497 e. The van der Waals surface area contributed by atoms with Crippen molar-refractivity contribution in [3.8, 4) is 5.75 Å². The van der Waals surface area contributed by atoms with Crippen molar-refractivity contribution < 1.29 is 19.7 Å². The Hall–Kier alpha value is -1.62. The van der Waals surface area contributed by atoms with E-state index in [1.165, 1.54) is 19.4 Å². The van der Waals surface area contributed by atoms with Gasteiger partial charge in [-0.1, -0.05) is 0 Å². The highest BCUT2D eigenvalue weighted by atomic mass is 16.5. The first-order valence-corrected chi connectivity index (χ1v) is 3.56. The van der Waals surface area contributed by atoms with Crippen LogP contribution in [-0.2, 0) is 4.79 Å². The highest BCUT2D eigenvalue weighted by molar-refractivity contribution is 5.73. The number of hydrogen-bond acceptors (Lipinski definition) is 4. The molecule has 13 heavy (non-hydrogen) atoms. The zero-order valence-electron chi connectivity index (χ0n) is 6.97. The minimum atomic E-state index is -1.60. The first-order valence-electron chi connectivity index (χ1n) is 3.56. The summed E-state index contributed by atoms with van der Waals surface area (Å²) in [7, 11) is 1.45. The number of carbonyl (C=O) groups is 1. The van der Waals surface area contributed by atoms with E-state index in [0.29, 0.717) is 5.75 Å². The molecule has 0 aliphatic heterocycles. The summed E-state index contributed by atoms with van der Waals surface area (Å²) in [5.41, 5.74) is 0.0619. The van der Waals surface area contributed by atoms with Gasteiger partial charge in [-0.05, 0) is 6.07 Å². The van der Waals surface area contributed by atoms with Crippen molar-refractivity contribution in [3.05, 3.63) is 24.0 Å². The zero-order chi connectivity index (χ0) is 9.84. The molecule has 0 aliphatic rings. The number of aliphatic hydroxyl groups excluding tert-OH is 1. The first-order chi connectivity index (χ1) is 6.15. The summed E-state index contributed by atoms with van der Waals surface area (Å²) in [5, 5.41) is 17.6. The van der Waals surface area contributed by atoms with Crippen molar-refractivity contribution in [2.75, 3.05) is 7.11 Å². The van der Waals surface area contributed by atoms with Crippen molar-refractivity contribution in [1.29, 1.82) is 0 Å². The predicted molar refractivity (Wildman–Crippen MR) is 43.4 cm³/mol. The van der Waals surface area contributed by atoms with E-state index in [2.05, 4.69) is 4.98 Å². The molecular formula is C8H9NO4. The van der Waals surface area contributed by atoms with Crippen LogP contribution < -0.4 is 4.74 Å². The minimum absolute atomic E-state index is 0.0619. The Morgan fingerprint density at radius 1 is 1.69 bits per heavy atom. The van der Waals surface area contributed by atoms with Crippen LogP contribution in [0.2, 0.25) is 0 Å². The Labute approximate surface area is 74.6 Å². The van der Waals surface area contributed by atoms with Gasteiger partial charge >= 0.3 is 5.97 Å². The van der Waals surface area contributed by atoms with Gasteiger partial charge in [0.2, 0.25) is 0 Å². The van der Waals surface area contributed by atoms with Crippen LogP contribution in [0.25, 0.3) is 0 Å². The third-order valence-corrected chi connectivity index (χ3v) is 1.50. The van der Waals surface area contributed by atoms with Crippen molar-refractivity contribution in [2.45, 2.75) is 6.10 Å². The van der Waals surface area contributed by atoms with Crippen LogP contribution in [-0.4, -0.2) is 28.3 Å². The summed E-state index contributed by atoms with van der Waals surface area (Å²) >= 11 is 0. The molecule has 5 nitrogen and oxygen atoms in total. The molecule has 1 unspecified atom stereocenters. The SMILES string of the molecule is COc1ccnc(C(O)C(=O)O)c1. The molecule has 1 aromatic rings. The van der Waals surface area contributed by atoms with Crippen LogP contribution in [0.5, 0.6) is 5.75 Å². The summed E-state index contributed by atoms with van der Waals surface area (Å²) < 4.78 is 4.84. The fourth-order valence-corrected chi connectivity index (χ4v) is 0.831. The lowest BCUT2D eigenvalue weighted by molar-refractivity contribution is -0.147. The lowest BCUT2D eigenvalue weighted by Crippen LogP contribution is -2.11. The Morgan fingerprint density at radius 3 is 2.92 bits per heavy atom. The van der Waals surface area contributed by atoms with E-state index in [4.69, 9.17) is 14.9 Å². The van der Waals surface area contributed by atoms with E-state index in [-0.39, 0.29) is 5.69 Å². The van der Waals surface area contributed by atoms with Gasteiger partial charge in [0.05, 0.1) is 12.8 Å². The van der Waals surface area contributed by atoms with Crippen LogP contribution in [0.4, 0.5) is 0 Å². The van der Waals surface area contributed by atoms with E-state index in [1.54, 1.807) is 6.07 Å². The second-order valence-corrected chi connectivity index (χ2v) is 2.36. The molecule has 70 valence electrons. The maximum absolute atomic E-state index is 10.4. The topological polar surface area (TPSA) is 79.7 Å². The smallest absolute Gasteiger partial charge is 0.338 e. The number of rotatable bonds is 3. The van der Waals surface area contributed by atoms with E-state index in [1.807, 2.05) is 0 Å². The number of nitrogens with zero attached hydrogens (tertiary/aromatic N) is 1. The van der Waals surface area contributed by atoms with Crippen molar-refractivity contribution in [2.24, 2.45) is 0 Å². The molecule has 0 aliphatic carbocycles. The monoisotopic (exact) mass is 183 g/mol. The van der Waals surface area contributed by atoms with Gasteiger partial charge in [0.15, 0.2) is 6.10 Å². The number of hydrogen-bond donors (Lipinski definition) is 2. The maximum Gasteiger partial charge on any atom is 0.338 e. The first kappa shape index (κ1) is 9.47. The Balaban J connectivity index is 2.94. The largest absolute Gasteiger partial charge is 0.497 e. The summed E-state index contributed by atoms with van der Waals surface area (Å²) in [4.78, 5) is 14.1. The standard InChI is InChI=1S/C8H9NO4/c1-13-5-2-3-9-6(4-5)7(10)8(11)12/h2-4,7,10H,1H3,(H,11,12). The van der Waals surface area contributed by atoms with E-state index < -0.39 is 12.1 Å². The number of aromatic nitrogens is 1. The number of carboxylic acid groups (broad SMARTS) is 1. The molecule has 0 amide bonds. The molecule has 0 spiro atoms. The molecule has 0 saturated heterocycles. The zero-order valence-corrected chi connectivity index (χ0v) is 6.97. The molecule has 1 heterocycles. The second-order valence-electron chi connectivity index (χ2n) is 2.36. The van der Waals surface area contributed by atoms with Gasteiger partial charge in [-0.2, -0.15) is 0 Å². The van der Waals surface area contributed by atoms with Crippen molar-refractivity contribution >= 4 is 5.97 Å². The average Bonchev–Trinajstić information content (AvgIpc) is 2.16. The molecule has 5 heteroatoms. The fourth-order valence-electron chi connectivity index (χ4n) is 0.831. The van der Waals surface area contributed by atoms with Gasteiger partial charge in [0.1, 0.15) is 5.75 Å². The third-order valence-electron chi connectivity index (χ3n) is 1.50. The molecule has 1 rings (SSSR count). The molecule has 0 radical (unpaired) electrons. The fraction of sp³-hybridized carbons (Fsp3) is 0.250. The second kappa shape index (κ2) is 3.86. The highest BCUT2D eigenvalue weighted by Crippen LogP contribution is 2.16. The third kappa shape index (κ3) is 2.16. The Bertz CT molecular complexity index is 313. The van der Waals surface area contributed by atoms with Crippen LogP contribution in [0.3, 0.4) is 0 Å². The predicted octanol–water partition coefficient (Wildman–Crippen LogP) is 0.208. The van der Waals surface area contributed by atoms with E-state index in [9.17, 15) is 4.79 Å². The Morgan fingerprint density at radius 2 is 2.38 bits per heavy atom. The highest BCUT2D eigenvalue weighted by Gasteiger charge is 2.17. The maximum atomic E-state index is 10.4. The molecule has 2 N–H and O–H groups in total. The molecule has 0 saturated carbocycles. The quantitative estimate of drug-likeness (QED) is 0.700. The van der Waals surface area contributed by atoms with Gasteiger partial charge in [0.25, 0.3) is 0 Å². The molecule has 1 atom stereocenters. The summed E-state index contributed by atoms with van der Waals surface area (Å²) in [6, 6.07) is 2.94. The van der Waals surface area contributed by atoms with Gasteiger partial charge in [0, 0.05) is 12.3 Å². The number of aliphatic hydroxyl groups is 1. The molecule has 0 fully saturated rings. The summed E-state index contributed by atoms with van der Waals surface area (Å²) in [5.74, 6) is -0.869. The van der Waals surface area contributed by atoms with E-state index >= 15 is 0 Å². The van der Waals surface area contributed by atoms with Gasteiger partial charge < -0.3 is 14.9 Å². The van der Waals surface area contributed by atoms with Gasteiger partial charge in [-0.25, -0.2) is 4.79 Å². The number of carboxylic acids is 1. The lowest BCUT2D eigenvalue weighted by Gasteiger charge is -2.05. The van der Waals surface area contributed by atoms with Crippen LogP contribution in [0, 0.1) is 0 Å². The lowest BCUT2D eigenvalue weighted by atomic mass is 10.2. The van der Waals surface area contributed by atoms with E-state index in [0.717, 1.165) is 0 Å². The van der Waals surface area contributed by atoms with Crippen LogP contribution in [0.15, 0.2) is 18.3 Å². The number of aliphatic carboxylic acids is 1. The molecule has 1 aromatic heterocycles. The summed E-state index contributed by atoms with van der Waals surface area (Å²) in [6.07, 6.45) is -0.226. The molecule has 0 aromatic carbocycles.